The van der Waals surface area contributed by atoms with Crippen LogP contribution in [-0.2, 0) is 4.79 Å². The highest BCUT2D eigenvalue weighted by atomic mass is 16.7. The van der Waals surface area contributed by atoms with Crippen molar-refractivity contribution < 1.29 is 30.3 Å². The minimum atomic E-state index is -1.79. The minimum absolute atomic E-state index is 0.0258. The molecule has 6 heteroatoms. The molecule has 0 aromatic rings. The van der Waals surface area contributed by atoms with Crippen LogP contribution in [0.15, 0.2) is 0 Å². The Labute approximate surface area is 68.7 Å². The molecule has 0 fully saturated rings. The zero-order chi connectivity index (χ0) is 9.72. The normalized spacial score (nSPS) is 21.1. The van der Waals surface area contributed by atoms with E-state index >= 15 is 0 Å². The summed E-state index contributed by atoms with van der Waals surface area (Å²) in [5, 5.41) is 43.5. The second-order valence-corrected chi connectivity index (χ2v) is 2.36. The van der Waals surface area contributed by atoms with Crippen LogP contribution in [-0.4, -0.2) is 62.8 Å². The average Bonchev–Trinajstić information content (AvgIpc) is 2.12. The van der Waals surface area contributed by atoms with Gasteiger partial charge < -0.3 is 30.3 Å². The van der Waals surface area contributed by atoms with Gasteiger partial charge in [-0.05, 0) is 0 Å². The first-order chi connectivity index (χ1) is 5.54. The Morgan fingerprint density at radius 3 is 2.08 bits per heavy atom. The van der Waals surface area contributed by atoms with Crippen LogP contribution >= 0.6 is 0 Å². The number of hydrogen-bond acceptors (Lipinski definition) is 6. The van der Waals surface area contributed by atoms with E-state index in [0.29, 0.717) is 0 Å². The van der Waals surface area contributed by atoms with Gasteiger partial charge in [0.05, 0.1) is 6.61 Å². The summed E-state index contributed by atoms with van der Waals surface area (Å²) in [5.74, 6) is 0. The van der Waals surface area contributed by atoms with Gasteiger partial charge >= 0.3 is 0 Å². The summed E-state index contributed by atoms with van der Waals surface area (Å²) in [7, 11) is 0. The third kappa shape index (κ3) is 2.84. The summed E-state index contributed by atoms with van der Waals surface area (Å²) in [6.45, 7) is -0.760. The van der Waals surface area contributed by atoms with E-state index in [4.69, 9.17) is 25.5 Å². The first kappa shape index (κ1) is 11.5. The molecule has 0 saturated carbocycles. The monoisotopic (exact) mass is 184 g/mol. The summed E-state index contributed by atoms with van der Waals surface area (Å²) in [6.07, 6.45) is -6.84. The minimum Gasteiger partial charge on any atom is -0.394 e. The van der Waals surface area contributed by atoms with Gasteiger partial charge in [0.1, 0.15) is 24.4 Å². The quantitative estimate of drug-likeness (QED) is 0.284. The van der Waals surface area contributed by atoms with Gasteiger partial charge in [0.15, 0.2) is 6.29 Å². The summed E-state index contributed by atoms with van der Waals surface area (Å²) >= 11 is 0. The molecule has 0 aromatic heterocycles. The molecule has 0 aliphatic heterocycles. The fourth-order valence-corrected chi connectivity index (χ4v) is 0.618. The summed E-state index contributed by atoms with van der Waals surface area (Å²) in [5.41, 5.74) is 0. The third-order valence-corrected chi connectivity index (χ3v) is 1.42. The van der Waals surface area contributed by atoms with Gasteiger partial charge in [-0.1, -0.05) is 0 Å². The van der Waals surface area contributed by atoms with Crippen molar-refractivity contribution in [3.63, 3.8) is 0 Å². The molecule has 5 N–H and O–H groups in total. The molecule has 0 radical (unpaired) electrons. The zero-order valence-corrected chi connectivity index (χ0v) is 6.24. The van der Waals surface area contributed by atoms with E-state index in [9.17, 15) is 4.79 Å². The number of hydrogen-bond donors (Lipinski definition) is 5. The standard InChI is InChI=1S/C6H12O6/c7-1-3(9)5(11)6(12)4(10)2-8/h1,3-6,8-12H,2H2/t3-,4+,5+,6+/m0/s1/i5+2,6+2. The molecule has 0 rings (SSSR count). The molecule has 0 heterocycles. The molecule has 0 unspecified atom stereocenters. The van der Waals surface area contributed by atoms with Gasteiger partial charge in [-0.2, -0.15) is 0 Å². The second-order valence-electron chi connectivity index (χ2n) is 2.36. The number of aliphatic hydroxyl groups is 5. The van der Waals surface area contributed by atoms with Crippen LogP contribution in [0.5, 0.6) is 0 Å². The van der Waals surface area contributed by atoms with E-state index in [2.05, 4.69) is 0 Å². The predicted octanol–water partition coefficient (Wildman–Crippen LogP) is -3.38. The molecule has 0 spiro atoms. The van der Waals surface area contributed by atoms with E-state index < -0.39 is 31.0 Å². The van der Waals surface area contributed by atoms with Gasteiger partial charge in [-0.25, -0.2) is 0 Å². The van der Waals surface area contributed by atoms with Crippen molar-refractivity contribution in [1.82, 2.24) is 0 Å². The summed E-state index contributed by atoms with van der Waals surface area (Å²) in [4.78, 5) is 9.90. The van der Waals surface area contributed by atoms with Crippen molar-refractivity contribution in [1.29, 1.82) is 0 Å². The van der Waals surface area contributed by atoms with Crippen molar-refractivity contribution >= 4 is 6.29 Å². The summed E-state index contributed by atoms with van der Waals surface area (Å²) < 4.78 is 0. The fourth-order valence-electron chi connectivity index (χ4n) is 0.618. The molecule has 0 aliphatic carbocycles. The van der Waals surface area contributed by atoms with Crippen LogP contribution in [0, 0.1) is 0 Å². The molecule has 0 aromatic carbocycles. The van der Waals surface area contributed by atoms with Gasteiger partial charge in [0.25, 0.3) is 0 Å². The van der Waals surface area contributed by atoms with E-state index in [0.717, 1.165) is 0 Å². The Morgan fingerprint density at radius 2 is 1.75 bits per heavy atom. The fraction of sp³-hybridized carbons (Fsp3) is 0.833. The Morgan fingerprint density at radius 1 is 1.25 bits per heavy atom. The topological polar surface area (TPSA) is 118 Å². The largest absolute Gasteiger partial charge is 0.394 e. The maximum absolute atomic E-state index is 9.90. The molecular weight excluding hydrogens is 172 g/mol. The molecular formula is C6H12O6. The van der Waals surface area contributed by atoms with Crippen LogP contribution in [0.2, 0.25) is 0 Å². The van der Waals surface area contributed by atoms with Gasteiger partial charge in [0.2, 0.25) is 0 Å². The Kier molecular flexibility index (Phi) is 4.95. The smallest absolute Gasteiger partial charge is 0.151 e. The first-order valence-corrected chi connectivity index (χ1v) is 3.33. The Balaban J connectivity index is 4.07. The maximum atomic E-state index is 9.90. The zero-order valence-electron chi connectivity index (χ0n) is 6.24. The van der Waals surface area contributed by atoms with Crippen molar-refractivity contribution in [2.75, 3.05) is 6.61 Å². The van der Waals surface area contributed by atoms with Gasteiger partial charge in [-0.3, -0.25) is 0 Å². The first-order valence-electron chi connectivity index (χ1n) is 3.33. The number of carbonyl (C=O) groups excluding carboxylic acids is 1. The SMILES string of the molecule is O=C[C@H](O)[14C@@H](O)[14C@H](O)[C@H](O)CO. The predicted molar refractivity (Wildman–Crippen MR) is 37.2 cm³/mol. The lowest BCUT2D eigenvalue weighted by atomic mass is 10.6. The molecule has 0 aliphatic rings. The van der Waals surface area contributed by atoms with Crippen molar-refractivity contribution in [3.05, 3.63) is 0 Å². The third-order valence-electron chi connectivity index (χ3n) is 1.42. The van der Waals surface area contributed by atoms with Crippen LogP contribution in [0.3, 0.4) is 0 Å². The molecule has 4 atom stereocenters. The molecule has 0 bridgehead atoms. The number of aldehydes is 1. The number of rotatable bonds is 5. The van der Waals surface area contributed by atoms with E-state index in [-0.39, 0.29) is 6.29 Å². The van der Waals surface area contributed by atoms with Crippen molar-refractivity contribution in [2.24, 2.45) is 0 Å². The molecule has 0 amide bonds. The lowest BCUT2D eigenvalue weighted by Gasteiger charge is -2.22. The number of carbonyl (C=O) groups is 1. The second kappa shape index (κ2) is 5.18. The van der Waals surface area contributed by atoms with Crippen molar-refractivity contribution in [2.45, 2.75) is 24.4 Å². The van der Waals surface area contributed by atoms with Crippen LogP contribution in [0.25, 0.3) is 0 Å². The van der Waals surface area contributed by atoms with Crippen LogP contribution in [0.1, 0.15) is 0 Å². The van der Waals surface area contributed by atoms with Gasteiger partial charge in [0, 0.05) is 0 Å². The average molecular weight is 184 g/mol. The van der Waals surface area contributed by atoms with E-state index in [1.165, 1.54) is 0 Å². The Bertz CT molecular complexity index is 138. The van der Waals surface area contributed by atoms with Crippen LogP contribution in [0.4, 0.5) is 0 Å². The number of aliphatic hydroxyl groups excluding tert-OH is 5. The highest BCUT2D eigenvalue weighted by Gasteiger charge is 2.29. The van der Waals surface area contributed by atoms with Crippen LogP contribution < -0.4 is 0 Å². The van der Waals surface area contributed by atoms with E-state index in [1.54, 1.807) is 0 Å². The van der Waals surface area contributed by atoms with Crippen molar-refractivity contribution in [3.8, 4) is 0 Å². The van der Waals surface area contributed by atoms with Gasteiger partial charge in [-0.15, -0.1) is 0 Å². The van der Waals surface area contributed by atoms with E-state index in [1.807, 2.05) is 0 Å². The molecule has 0 saturated heterocycles. The highest BCUT2D eigenvalue weighted by molar-refractivity contribution is 5.56. The lowest BCUT2D eigenvalue weighted by molar-refractivity contribution is -0.136. The molecule has 72 valence electrons. The molecule has 12 heavy (non-hydrogen) atoms. The maximum Gasteiger partial charge on any atom is 0.151 e. The molecule has 6 nitrogen and oxygen atoms in total. The summed E-state index contributed by atoms with van der Waals surface area (Å²) in [6, 6.07) is 0. The Hall–Kier alpha value is -0.530. The highest BCUT2D eigenvalue weighted by Crippen LogP contribution is 2.02. The lowest BCUT2D eigenvalue weighted by Crippen LogP contribution is -2.46.